The monoisotopic (exact) mass is 520 g/mol. The molecular formula is C20H26BrClN2O7. The fourth-order valence-electron chi connectivity index (χ4n) is 3.63. The van der Waals surface area contributed by atoms with Crippen LogP contribution < -0.4 is 10.5 Å². The number of carbonyl (C=O) groups is 1. The van der Waals surface area contributed by atoms with Crippen molar-refractivity contribution in [2.24, 2.45) is 5.73 Å². The Morgan fingerprint density at radius 3 is 2.42 bits per heavy atom. The van der Waals surface area contributed by atoms with Crippen LogP contribution in [0.1, 0.15) is 32.1 Å². The van der Waals surface area contributed by atoms with Gasteiger partial charge in [-0.25, -0.2) is 4.79 Å². The molecule has 7 N–H and O–H groups in total. The minimum atomic E-state index is -1.78. The molecule has 1 aromatic heterocycles. The Hall–Kier alpha value is -1.40. The number of carboxylic acids is 1. The highest BCUT2D eigenvalue weighted by molar-refractivity contribution is 9.10. The zero-order valence-electron chi connectivity index (χ0n) is 16.6. The van der Waals surface area contributed by atoms with E-state index >= 15 is 0 Å². The lowest BCUT2D eigenvalue weighted by atomic mass is 9.97. The van der Waals surface area contributed by atoms with Gasteiger partial charge in [-0.05, 0) is 40.9 Å². The fraction of sp³-hybridized carbons (Fsp3) is 0.550. The van der Waals surface area contributed by atoms with Gasteiger partial charge in [0.25, 0.3) is 0 Å². The van der Waals surface area contributed by atoms with E-state index in [0.29, 0.717) is 26.4 Å². The average molecular weight is 522 g/mol. The van der Waals surface area contributed by atoms with Crippen molar-refractivity contribution >= 4 is 44.4 Å². The molecule has 172 valence electrons. The Kier molecular flexibility index (Phi) is 8.19. The van der Waals surface area contributed by atoms with E-state index in [1.54, 1.807) is 12.1 Å². The van der Waals surface area contributed by atoms with Gasteiger partial charge in [-0.2, -0.15) is 0 Å². The van der Waals surface area contributed by atoms with Crippen molar-refractivity contribution in [3.8, 4) is 5.75 Å². The molecule has 2 heterocycles. The number of aliphatic hydroxyl groups excluding tert-OH is 3. The standard InChI is InChI=1S/C14H13BrClNO7.C6H13N/c15-4-1-2-5-7(8(4)16)6(3-17-5)23-14-11(20)9(18)10(19)12(24-14)13(21)22;7-6-4-2-1-3-5-6/h1-3,9-12,14,17-20H,(H,21,22);6H,1-5,7H2/t9-,10-,11+,12?,14+;/m0./s1. The van der Waals surface area contributed by atoms with Crippen LogP contribution in [-0.4, -0.2) is 68.1 Å². The molecule has 5 atom stereocenters. The van der Waals surface area contributed by atoms with Gasteiger partial charge in [-0.3, -0.25) is 0 Å². The summed E-state index contributed by atoms with van der Waals surface area (Å²) in [5.41, 5.74) is 6.29. The highest BCUT2D eigenvalue weighted by atomic mass is 79.9. The van der Waals surface area contributed by atoms with Crippen LogP contribution in [0.3, 0.4) is 0 Å². The molecule has 4 rings (SSSR count). The Balaban J connectivity index is 0.000000330. The molecule has 2 aromatic rings. The van der Waals surface area contributed by atoms with E-state index in [1.807, 2.05) is 0 Å². The minimum absolute atomic E-state index is 0.202. The lowest BCUT2D eigenvalue weighted by Gasteiger charge is -2.38. The van der Waals surface area contributed by atoms with Gasteiger partial charge in [0.15, 0.2) is 6.10 Å². The molecule has 31 heavy (non-hydrogen) atoms. The van der Waals surface area contributed by atoms with E-state index < -0.39 is 36.7 Å². The number of aliphatic hydroxyl groups is 3. The third-order valence-electron chi connectivity index (χ3n) is 5.41. The van der Waals surface area contributed by atoms with Crippen molar-refractivity contribution in [2.75, 3.05) is 0 Å². The van der Waals surface area contributed by atoms with Gasteiger partial charge in [-0.15, -0.1) is 0 Å². The number of aliphatic carboxylic acids is 1. The number of nitrogens with one attached hydrogen (secondary N) is 1. The maximum absolute atomic E-state index is 11.1. The number of H-pyrrole nitrogens is 1. The van der Waals surface area contributed by atoms with Crippen LogP contribution in [0.4, 0.5) is 0 Å². The molecule has 1 aliphatic carbocycles. The largest absolute Gasteiger partial charge is 0.479 e. The first kappa shape index (κ1) is 24.2. The number of carboxylic acid groups (broad SMARTS) is 1. The third kappa shape index (κ3) is 5.51. The summed E-state index contributed by atoms with van der Waals surface area (Å²) in [5.74, 6) is -1.28. The van der Waals surface area contributed by atoms with Gasteiger partial charge in [-0.1, -0.05) is 30.9 Å². The van der Waals surface area contributed by atoms with Crippen LogP contribution in [-0.2, 0) is 9.53 Å². The predicted molar refractivity (Wildman–Crippen MR) is 117 cm³/mol. The number of benzene rings is 1. The summed E-state index contributed by atoms with van der Waals surface area (Å²) < 4.78 is 11.2. The van der Waals surface area contributed by atoms with Crippen LogP contribution in [0.5, 0.6) is 5.75 Å². The number of ether oxygens (including phenoxy) is 2. The van der Waals surface area contributed by atoms with E-state index in [0.717, 1.165) is 0 Å². The van der Waals surface area contributed by atoms with E-state index in [1.165, 1.54) is 38.3 Å². The summed E-state index contributed by atoms with van der Waals surface area (Å²) in [6, 6.07) is 4.01. The normalized spacial score (nSPS) is 29.3. The molecule has 1 unspecified atom stereocenters. The number of rotatable bonds is 3. The zero-order valence-corrected chi connectivity index (χ0v) is 18.9. The summed E-state index contributed by atoms with van der Waals surface area (Å²) in [6.45, 7) is 0. The van der Waals surface area contributed by atoms with Gasteiger partial charge in [0, 0.05) is 16.7 Å². The van der Waals surface area contributed by atoms with E-state index in [2.05, 4.69) is 20.9 Å². The molecule has 11 heteroatoms. The molecule has 2 aliphatic rings. The van der Waals surface area contributed by atoms with Crippen LogP contribution >= 0.6 is 27.5 Å². The summed E-state index contributed by atoms with van der Waals surface area (Å²) >= 11 is 9.51. The van der Waals surface area contributed by atoms with E-state index in [4.69, 9.17) is 31.9 Å². The number of hydrogen-bond acceptors (Lipinski definition) is 7. The molecule has 1 aromatic carbocycles. The summed E-state index contributed by atoms with van der Waals surface area (Å²) in [5, 5.41) is 39.4. The number of fused-ring (bicyclic) bond motifs is 1. The number of hydrogen-bond donors (Lipinski definition) is 6. The first-order chi connectivity index (χ1) is 14.7. The Morgan fingerprint density at radius 2 is 1.84 bits per heavy atom. The van der Waals surface area contributed by atoms with Gasteiger partial charge in [0.05, 0.1) is 15.9 Å². The third-order valence-corrected chi connectivity index (χ3v) is 6.69. The van der Waals surface area contributed by atoms with Crippen molar-refractivity contribution in [3.05, 3.63) is 27.8 Å². The molecule has 0 radical (unpaired) electrons. The van der Waals surface area contributed by atoms with Crippen molar-refractivity contribution in [1.82, 2.24) is 4.98 Å². The quantitative estimate of drug-likeness (QED) is 0.358. The molecule has 1 saturated heterocycles. The highest BCUT2D eigenvalue weighted by Gasteiger charge is 2.48. The molecule has 0 spiro atoms. The highest BCUT2D eigenvalue weighted by Crippen LogP contribution is 2.38. The summed E-state index contributed by atoms with van der Waals surface area (Å²) in [7, 11) is 0. The second-order valence-corrected chi connectivity index (χ2v) is 8.92. The van der Waals surface area contributed by atoms with Crippen LogP contribution in [0, 0.1) is 0 Å². The average Bonchev–Trinajstić information content (AvgIpc) is 3.15. The van der Waals surface area contributed by atoms with Crippen molar-refractivity contribution in [2.45, 2.75) is 68.9 Å². The summed E-state index contributed by atoms with van der Waals surface area (Å²) in [4.78, 5) is 14.0. The SMILES string of the molecule is NC1CCCCC1.O=C(O)C1O[C@@H](Oc2c[nH]c3ccc(Br)c(Cl)c23)[C@H](O)[C@@H](O)[C@@H]1O. The molecule has 1 saturated carbocycles. The summed E-state index contributed by atoms with van der Waals surface area (Å²) in [6.07, 6.45) is -0.274. The fourth-order valence-corrected chi connectivity index (χ4v) is 4.22. The molecular weight excluding hydrogens is 496 g/mol. The van der Waals surface area contributed by atoms with Gasteiger partial charge in [0.1, 0.15) is 24.1 Å². The first-order valence-corrected chi connectivity index (χ1v) is 11.2. The Bertz CT molecular complexity index is 905. The molecule has 0 bridgehead atoms. The molecule has 9 nitrogen and oxygen atoms in total. The lowest BCUT2D eigenvalue weighted by molar-refractivity contribution is -0.270. The van der Waals surface area contributed by atoms with Crippen LogP contribution in [0.25, 0.3) is 10.9 Å². The van der Waals surface area contributed by atoms with Crippen molar-refractivity contribution in [3.63, 3.8) is 0 Å². The maximum atomic E-state index is 11.1. The topological polar surface area (TPSA) is 158 Å². The van der Waals surface area contributed by atoms with E-state index in [-0.39, 0.29) is 5.75 Å². The Labute approximate surface area is 192 Å². The van der Waals surface area contributed by atoms with Gasteiger partial charge >= 0.3 is 5.97 Å². The van der Waals surface area contributed by atoms with E-state index in [9.17, 15) is 20.1 Å². The number of nitrogens with two attached hydrogens (primary N) is 1. The predicted octanol–water partition coefficient (Wildman–Crippen LogP) is 2.13. The lowest BCUT2D eigenvalue weighted by Crippen LogP contribution is -2.61. The van der Waals surface area contributed by atoms with Crippen LogP contribution in [0.15, 0.2) is 22.8 Å². The first-order valence-electron chi connectivity index (χ1n) is 10.0. The van der Waals surface area contributed by atoms with Gasteiger partial charge < -0.3 is 40.6 Å². The molecule has 1 aliphatic heterocycles. The Morgan fingerprint density at radius 1 is 1.16 bits per heavy atom. The van der Waals surface area contributed by atoms with Crippen molar-refractivity contribution < 1.29 is 34.7 Å². The minimum Gasteiger partial charge on any atom is -0.479 e. The molecule has 2 fully saturated rings. The zero-order chi connectivity index (χ0) is 22.7. The smallest absolute Gasteiger partial charge is 0.335 e. The molecule has 0 amide bonds. The van der Waals surface area contributed by atoms with Crippen LogP contribution in [0.2, 0.25) is 5.02 Å². The number of aromatic nitrogens is 1. The number of halogens is 2. The van der Waals surface area contributed by atoms with Gasteiger partial charge in [0.2, 0.25) is 6.29 Å². The number of aromatic amines is 1. The second kappa shape index (κ2) is 10.5. The maximum Gasteiger partial charge on any atom is 0.335 e. The second-order valence-electron chi connectivity index (χ2n) is 7.69. The van der Waals surface area contributed by atoms with Crippen molar-refractivity contribution in [1.29, 1.82) is 0 Å².